The van der Waals surface area contributed by atoms with Crippen LogP contribution in [-0.2, 0) is 9.30 Å². The minimum absolute atomic E-state index is 0.127. The zero-order valence-corrected chi connectivity index (χ0v) is 29.9. The van der Waals surface area contributed by atoms with Gasteiger partial charge in [0, 0.05) is 61.6 Å². The Kier molecular flexibility index (Phi) is 10.0. The first-order valence-electron chi connectivity index (χ1n) is 16.0. The van der Waals surface area contributed by atoms with E-state index in [9.17, 15) is 14.5 Å². The Morgan fingerprint density at radius 2 is 1.83 bits per heavy atom. The van der Waals surface area contributed by atoms with Crippen molar-refractivity contribution in [2.75, 3.05) is 62.2 Å². The Bertz CT molecular complexity index is 1860. The van der Waals surface area contributed by atoms with Gasteiger partial charge < -0.3 is 39.6 Å². The number of fused-ring (bicyclic) bond motifs is 1. The lowest BCUT2D eigenvalue weighted by Crippen LogP contribution is -2.47. The van der Waals surface area contributed by atoms with Gasteiger partial charge in [-0.15, -0.1) is 0 Å². The molecule has 4 heterocycles. The second-order valence-corrected chi connectivity index (χ2v) is 16.4. The van der Waals surface area contributed by atoms with Crippen LogP contribution in [0.3, 0.4) is 0 Å². The van der Waals surface area contributed by atoms with Crippen molar-refractivity contribution in [3.8, 4) is 5.75 Å². The Hall–Kier alpha value is -4.00. The van der Waals surface area contributed by atoms with Gasteiger partial charge in [0.15, 0.2) is 0 Å². The lowest BCUT2D eigenvalue weighted by molar-refractivity contribution is 0.0945. The molecule has 0 bridgehead atoms. The van der Waals surface area contributed by atoms with E-state index in [4.69, 9.17) is 14.5 Å². The number of rotatable bonds is 9. The van der Waals surface area contributed by atoms with Crippen molar-refractivity contribution < 1.29 is 23.9 Å². The summed E-state index contributed by atoms with van der Waals surface area (Å²) < 4.78 is 25.2. The first-order chi connectivity index (χ1) is 23.0. The maximum Gasteiger partial charge on any atom is 0.410 e. The van der Waals surface area contributed by atoms with E-state index in [2.05, 4.69) is 46.4 Å². The summed E-state index contributed by atoms with van der Waals surface area (Å²) in [6, 6.07) is 7.56. The molecule has 6 rings (SSSR count). The van der Waals surface area contributed by atoms with Crippen molar-refractivity contribution in [1.29, 1.82) is 0 Å². The van der Waals surface area contributed by atoms with Crippen molar-refractivity contribution in [2.45, 2.75) is 44.8 Å². The SMILES string of the molecule is COc1cc(N2CCC(N3CCCCOC3=O)CC2)c(C(C)O)cc1Nc1ncc(Br)c(Nc2ccc3nccnc3c2P(C)(C)=O)n1. The van der Waals surface area contributed by atoms with Crippen molar-refractivity contribution in [3.63, 3.8) is 0 Å². The predicted molar refractivity (Wildman–Crippen MR) is 191 cm³/mol. The highest BCUT2D eigenvalue weighted by molar-refractivity contribution is 9.10. The number of benzene rings is 2. The standard InChI is InChI=1S/C33H40BrN8O5P/c1-20(43)22-17-26(28(46-2)18-27(22)41-14-9-21(10-15-41)42-13-5-6-16-47-33(42)44)39-32-37-19-23(34)31(40-32)38-25-8-7-24-29(36-12-11-35-24)30(25)48(3,4)45/h7-8,11-12,17-21,43H,5-6,9-10,13-16H2,1-4H3,(H2,37,38,39,40). The molecule has 254 valence electrons. The Balaban J connectivity index is 1.25. The highest BCUT2D eigenvalue weighted by Gasteiger charge is 2.31. The fourth-order valence-corrected chi connectivity index (χ4v) is 8.04. The summed E-state index contributed by atoms with van der Waals surface area (Å²) in [7, 11) is -1.19. The molecule has 2 fully saturated rings. The van der Waals surface area contributed by atoms with Crippen molar-refractivity contribution in [1.82, 2.24) is 24.8 Å². The molecule has 48 heavy (non-hydrogen) atoms. The van der Waals surface area contributed by atoms with Gasteiger partial charge >= 0.3 is 6.09 Å². The molecule has 2 aliphatic heterocycles. The molecule has 0 saturated carbocycles. The maximum atomic E-state index is 13.4. The lowest BCUT2D eigenvalue weighted by atomic mass is 9.99. The molecular weight excluding hydrogens is 699 g/mol. The normalized spacial score (nSPS) is 16.8. The van der Waals surface area contributed by atoms with E-state index in [1.165, 1.54) is 0 Å². The number of anilines is 5. The minimum Gasteiger partial charge on any atom is -0.494 e. The number of aliphatic hydroxyl groups is 1. The number of hydrogen-bond acceptors (Lipinski definition) is 12. The van der Waals surface area contributed by atoms with Crippen molar-refractivity contribution in [2.24, 2.45) is 0 Å². The minimum atomic E-state index is -2.78. The molecule has 0 spiro atoms. The van der Waals surface area contributed by atoms with Gasteiger partial charge in [0.25, 0.3) is 0 Å². The third kappa shape index (κ3) is 7.20. The van der Waals surface area contributed by atoms with Crippen LogP contribution < -0.4 is 25.6 Å². The van der Waals surface area contributed by atoms with Crippen LogP contribution in [-0.4, -0.2) is 88.8 Å². The number of carbonyl (C=O) groups excluding carboxylic acids is 1. The zero-order valence-electron chi connectivity index (χ0n) is 27.4. The molecule has 13 nitrogen and oxygen atoms in total. The summed E-state index contributed by atoms with van der Waals surface area (Å²) >= 11 is 3.54. The van der Waals surface area contributed by atoms with E-state index in [-0.39, 0.29) is 18.1 Å². The fraction of sp³-hybridized carbons (Fsp3) is 0.424. The number of methoxy groups -OCH3 is 1. The van der Waals surface area contributed by atoms with Crippen LogP contribution in [0.1, 0.15) is 44.3 Å². The molecule has 1 amide bonds. The summed E-state index contributed by atoms with van der Waals surface area (Å²) in [5.74, 6) is 1.29. The van der Waals surface area contributed by atoms with Gasteiger partial charge in [0.2, 0.25) is 5.95 Å². The van der Waals surface area contributed by atoms with E-state index in [1.54, 1.807) is 46.0 Å². The van der Waals surface area contributed by atoms with E-state index < -0.39 is 13.2 Å². The molecule has 0 radical (unpaired) electrons. The van der Waals surface area contributed by atoms with Gasteiger partial charge in [0.1, 0.15) is 24.2 Å². The maximum absolute atomic E-state index is 13.4. The van der Waals surface area contributed by atoms with Gasteiger partial charge in [-0.2, -0.15) is 4.98 Å². The number of aromatic nitrogens is 4. The summed E-state index contributed by atoms with van der Waals surface area (Å²) in [4.78, 5) is 34.7. The Labute approximate surface area is 288 Å². The summed E-state index contributed by atoms with van der Waals surface area (Å²) in [5, 5.41) is 18.0. The third-order valence-electron chi connectivity index (χ3n) is 8.69. The quantitative estimate of drug-likeness (QED) is 0.168. The van der Waals surface area contributed by atoms with E-state index in [0.29, 0.717) is 50.4 Å². The third-order valence-corrected chi connectivity index (χ3v) is 10.8. The summed E-state index contributed by atoms with van der Waals surface area (Å²) in [6.45, 7) is 7.79. The number of ether oxygens (including phenoxy) is 2. The van der Waals surface area contributed by atoms with Crippen LogP contribution >= 0.6 is 23.1 Å². The monoisotopic (exact) mass is 738 g/mol. The fourth-order valence-electron chi connectivity index (χ4n) is 6.36. The van der Waals surface area contributed by atoms with Gasteiger partial charge in [-0.25, -0.2) is 9.78 Å². The van der Waals surface area contributed by atoms with E-state index >= 15 is 0 Å². The van der Waals surface area contributed by atoms with Crippen LogP contribution in [0.4, 0.5) is 33.6 Å². The number of piperidine rings is 1. The average Bonchev–Trinajstić information content (AvgIpc) is 3.29. The number of nitrogens with one attached hydrogen (secondary N) is 2. The number of halogens is 1. The number of cyclic esters (lactones) is 1. The number of amides is 1. The first-order valence-corrected chi connectivity index (χ1v) is 19.4. The lowest BCUT2D eigenvalue weighted by Gasteiger charge is -2.39. The van der Waals surface area contributed by atoms with Gasteiger partial charge in [-0.05, 0) is 80.1 Å². The molecule has 2 aromatic heterocycles. The molecule has 3 N–H and O–H groups in total. The van der Waals surface area contributed by atoms with Crippen LogP contribution in [0.15, 0.2) is 47.3 Å². The molecule has 1 unspecified atom stereocenters. The zero-order chi connectivity index (χ0) is 34.0. The molecule has 2 aromatic carbocycles. The molecule has 4 aromatic rings. The molecule has 2 saturated heterocycles. The number of nitrogens with zero attached hydrogens (tertiary/aromatic N) is 6. The molecular formula is C33H40BrN8O5P. The molecule has 1 atom stereocenters. The topological polar surface area (TPSA) is 155 Å². The molecule has 2 aliphatic rings. The average molecular weight is 740 g/mol. The summed E-state index contributed by atoms with van der Waals surface area (Å²) in [6.07, 6.45) is 7.28. The van der Waals surface area contributed by atoms with Crippen LogP contribution in [0, 0.1) is 0 Å². The van der Waals surface area contributed by atoms with Gasteiger partial charge in [0.05, 0.1) is 46.5 Å². The van der Waals surface area contributed by atoms with Crippen LogP contribution in [0.5, 0.6) is 5.75 Å². The Morgan fingerprint density at radius 3 is 2.56 bits per heavy atom. The number of carbonyl (C=O) groups is 1. The summed E-state index contributed by atoms with van der Waals surface area (Å²) in [5.41, 5.74) is 4.02. The highest BCUT2D eigenvalue weighted by Crippen LogP contribution is 2.42. The smallest absolute Gasteiger partial charge is 0.410 e. The van der Waals surface area contributed by atoms with Crippen LogP contribution in [0.25, 0.3) is 11.0 Å². The van der Waals surface area contributed by atoms with Crippen molar-refractivity contribution >= 4 is 74.3 Å². The largest absolute Gasteiger partial charge is 0.494 e. The van der Waals surface area contributed by atoms with E-state index in [0.717, 1.165) is 56.6 Å². The van der Waals surface area contributed by atoms with Gasteiger partial charge in [-0.1, -0.05) is 0 Å². The second kappa shape index (κ2) is 14.2. The number of hydrogen-bond donors (Lipinski definition) is 3. The first kappa shape index (κ1) is 33.9. The molecule has 15 heteroatoms. The second-order valence-electron chi connectivity index (χ2n) is 12.4. The predicted octanol–water partition coefficient (Wildman–Crippen LogP) is 6.18. The van der Waals surface area contributed by atoms with Crippen molar-refractivity contribution in [3.05, 3.63) is 52.9 Å². The Morgan fingerprint density at radius 1 is 1.06 bits per heavy atom. The molecule has 0 aliphatic carbocycles. The number of aliphatic hydroxyl groups excluding tert-OH is 1. The van der Waals surface area contributed by atoms with Crippen LogP contribution in [0.2, 0.25) is 0 Å². The highest BCUT2D eigenvalue weighted by atomic mass is 79.9. The van der Waals surface area contributed by atoms with E-state index in [1.807, 2.05) is 29.2 Å². The van der Waals surface area contributed by atoms with Gasteiger partial charge in [-0.3, -0.25) is 9.97 Å².